The molecular weight excluding hydrogens is 326 g/mol. The first-order valence-corrected chi connectivity index (χ1v) is 8.55. The molecule has 0 aliphatic carbocycles. The summed E-state index contributed by atoms with van der Waals surface area (Å²) in [5, 5.41) is 1.99. The molecule has 0 spiro atoms. The van der Waals surface area contributed by atoms with Gasteiger partial charge in [0.05, 0.1) is 13.7 Å². The van der Waals surface area contributed by atoms with E-state index < -0.39 is 0 Å². The van der Waals surface area contributed by atoms with Gasteiger partial charge in [-0.2, -0.15) is 0 Å². The Balaban J connectivity index is 2.01. The highest BCUT2D eigenvalue weighted by Gasteiger charge is 2.15. The third-order valence-corrected chi connectivity index (χ3v) is 4.44. The van der Waals surface area contributed by atoms with Crippen LogP contribution in [0.4, 0.5) is 0 Å². The van der Waals surface area contributed by atoms with E-state index in [4.69, 9.17) is 9.47 Å². The van der Waals surface area contributed by atoms with Gasteiger partial charge in [0.2, 0.25) is 0 Å². The molecule has 0 saturated heterocycles. The predicted molar refractivity (Wildman–Crippen MR) is 93.9 cm³/mol. The maximum absolute atomic E-state index is 12.4. The number of rotatable bonds is 8. The summed E-state index contributed by atoms with van der Waals surface area (Å²) in [5.74, 6) is 0.743. The van der Waals surface area contributed by atoms with E-state index in [2.05, 4.69) is 0 Å². The van der Waals surface area contributed by atoms with E-state index in [-0.39, 0.29) is 18.3 Å². The number of nitrogens with zero attached hydrogens (tertiary/aromatic N) is 1. The van der Waals surface area contributed by atoms with Crippen LogP contribution < -0.4 is 9.47 Å². The summed E-state index contributed by atoms with van der Waals surface area (Å²) in [6.07, 6.45) is 0. The number of methoxy groups -OCH3 is 1. The van der Waals surface area contributed by atoms with E-state index in [1.54, 1.807) is 34.4 Å². The summed E-state index contributed by atoms with van der Waals surface area (Å²) < 4.78 is 10.8. The largest absolute Gasteiger partial charge is 0.493 e. The Morgan fingerprint density at radius 3 is 2.58 bits per heavy atom. The lowest BCUT2D eigenvalue weighted by Crippen LogP contribution is -2.34. The van der Waals surface area contributed by atoms with E-state index in [0.717, 1.165) is 4.88 Å². The number of ether oxygens (including phenoxy) is 2. The minimum absolute atomic E-state index is 0.0518. The normalized spacial score (nSPS) is 10.3. The van der Waals surface area contributed by atoms with Gasteiger partial charge in [0.15, 0.2) is 23.9 Å². The van der Waals surface area contributed by atoms with E-state index in [9.17, 15) is 9.59 Å². The highest BCUT2D eigenvalue weighted by Crippen LogP contribution is 2.28. The van der Waals surface area contributed by atoms with Crippen LogP contribution in [0.1, 0.15) is 29.1 Å². The van der Waals surface area contributed by atoms with Gasteiger partial charge >= 0.3 is 0 Å². The number of benzene rings is 1. The fourth-order valence-electron chi connectivity index (χ4n) is 2.20. The van der Waals surface area contributed by atoms with Crippen molar-refractivity contribution in [3.05, 3.63) is 46.2 Å². The molecule has 6 heteroatoms. The van der Waals surface area contributed by atoms with Gasteiger partial charge < -0.3 is 14.4 Å². The van der Waals surface area contributed by atoms with Gasteiger partial charge in [0, 0.05) is 17.0 Å². The summed E-state index contributed by atoms with van der Waals surface area (Å²) in [6, 6.07) is 8.90. The molecule has 0 bridgehead atoms. The highest BCUT2D eigenvalue weighted by atomic mass is 32.1. The van der Waals surface area contributed by atoms with Crippen LogP contribution in [0.25, 0.3) is 0 Å². The third-order valence-electron chi connectivity index (χ3n) is 3.58. The van der Waals surface area contributed by atoms with Crippen LogP contribution in [0.3, 0.4) is 0 Å². The number of hydrogen-bond acceptors (Lipinski definition) is 5. The Morgan fingerprint density at radius 1 is 1.21 bits per heavy atom. The number of ketones is 1. The molecule has 5 nitrogen and oxygen atoms in total. The van der Waals surface area contributed by atoms with Crippen LogP contribution in [0.15, 0.2) is 35.7 Å². The molecule has 1 heterocycles. The lowest BCUT2D eigenvalue weighted by molar-refractivity contribution is -0.133. The van der Waals surface area contributed by atoms with Crippen molar-refractivity contribution in [2.24, 2.45) is 0 Å². The number of amides is 1. The molecular formula is C18H21NO4S. The summed E-state index contributed by atoms with van der Waals surface area (Å²) >= 11 is 1.62. The Bertz CT molecular complexity index is 697. The fourth-order valence-corrected chi connectivity index (χ4v) is 2.92. The monoisotopic (exact) mass is 347 g/mol. The molecule has 0 saturated carbocycles. The SMILES string of the molecule is CCN(Cc1cccs1)C(=O)COc1ccc(C(C)=O)cc1OC. The van der Waals surface area contributed by atoms with Gasteiger partial charge in [0.1, 0.15) is 0 Å². The second-order valence-corrected chi connectivity index (χ2v) is 6.23. The molecule has 0 aliphatic rings. The van der Waals surface area contributed by atoms with Crippen LogP contribution >= 0.6 is 11.3 Å². The summed E-state index contributed by atoms with van der Waals surface area (Å²) in [5.41, 5.74) is 0.540. The van der Waals surface area contributed by atoms with Gasteiger partial charge in [0.25, 0.3) is 5.91 Å². The minimum Gasteiger partial charge on any atom is -0.493 e. The first-order valence-electron chi connectivity index (χ1n) is 7.67. The van der Waals surface area contributed by atoms with Crippen molar-refractivity contribution >= 4 is 23.0 Å². The lowest BCUT2D eigenvalue weighted by Gasteiger charge is -2.20. The number of carbonyl (C=O) groups excluding carboxylic acids is 2. The molecule has 0 radical (unpaired) electrons. The van der Waals surface area contributed by atoms with Gasteiger partial charge in [-0.25, -0.2) is 0 Å². The third kappa shape index (κ3) is 4.58. The van der Waals surface area contributed by atoms with Crippen LogP contribution in [0, 0.1) is 0 Å². The highest BCUT2D eigenvalue weighted by molar-refractivity contribution is 7.09. The molecule has 1 aromatic heterocycles. The second-order valence-electron chi connectivity index (χ2n) is 5.20. The Morgan fingerprint density at radius 2 is 2.00 bits per heavy atom. The summed E-state index contributed by atoms with van der Waals surface area (Å²) in [6.45, 7) is 4.54. The zero-order chi connectivity index (χ0) is 17.5. The summed E-state index contributed by atoms with van der Waals surface area (Å²) in [7, 11) is 1.50. The number of hydrogen-bond donors (Lipinski definition) is 0. The Hall–Kier alpha value is -2.34. The smallest absolute Gasteiger partial charge is 0.260 e. The van der Waals surface area contributed by atoms with Crippen LogP contribution in [0.5, 0.6) is 11.5 Å². The molecule has 128 valence electrons. The van der Waals surface area contributed by atoms with Crippen molar-refractivity contribution in [2.75, 3.05) is 20.3 Å². The number of thiophene rings is 1. The second kappa shape index (κ2) is 8.49. The molecule has 1 aromatic carbocycles. The number of Topliss-reactive ketones (excluding diaryl/α,β-unsaturated/α-hetero) is 1. The van der Waals surface area contributed by atoms with E-state index in [0.29, 0.717) is 30.2 Å². The fraction of sp³-hybridized carbons (Fsp3) is 0.333. The van der Waals surface area contributed by atoms with Gasteiger partial charge in [-0.3, -0.25) is 9.59 Å². The first kappa shape index (κ1) is 18.0. The molecule has 0 aliphatic heterocycles. The van der Waals surface area contributed by atoms with Crippen LogP contribution in [-0.4, -0.2) is 36.9 Å². The minimum atomic E-state index is -0.0939. The van der Waals surface area contributed by atoms with E-state index in [1.165, 1.54) is 14.0 Å². The van der Waals surface area contributed by atoms with Gasteiger partial charge in [-0.1, -0.05) is 6.07 Å². The molecule has 0 fully saturated rings. The quantitative estimate of drug-likeness (QED) is 0.687. The number of likely N-dealkylation sites (N-methyl/N-ethyl adjacent to an activating group) is 1. The molecule has 0 atom stereocenters. The molecule has 2 rings (SSSR count). The molecule has 2 aromatic rings. The molecule has 1 amide bonds. The van der Waals surface area contributed by atoms with Gasteiger partial charge in [-0.05, 0) is 43.5 Å². The maximum Gasteiger partial charge on any atom is 0.260 e. The van der Waals surface area contributed by atoms with Crippen molar-refractivity contribution in [3.63, 3.8) is 0 Å². The molecule has 24 heavy (non-hydrogen) atoms. The van der Waals surface area contributed by atoms with E-state index >= 15 is 0 Å². The Labute approximate surface area is 145 Å². The lowest BCUT2D eigenvalue weighted by atomic mass is 10.1. The average molecular weight is 347 g/mol. The molecule has 0 unspecified atom stereocenters. The molecule has 0 N–H and O–H groups in total. The first-order chi connectivity index (χ1) is 11.5. The van der Waals surface area contributed by atoms with Crippen molar-refractivity contribution in [1.82, 2.24) is 4.90 Å². The van der Waals surface area contributed by atoms with Gasteiger partial charge in [-0.15, -0.1) is 11.3 Å². The standard InChI is InChI=1S/C18H21NO4S/c1-4-19(11-15-6-5-9-24-15)18(21)12-23-16-8-7-14(13(2)20)10-17(16)22-3/h5-10H,4,11-12H2,1-3H3. The van der Waals surface area contributed by atoms with E-state index in [1.807, 2.05) is 24.4 Å². The zero-order valence-corrected chi connectivity index (χ0v) is 14.9. The zero-order valence-electron chi connectivity index (χ0n) is 14.1. The Kier molecular flexibility index (Phi) is 6.37. The van der Waals surface area contributed by atoms with Crippen molar-refractivity contribution < 1.29 is 19.1 Å². The van der Waals surface area contributed by atoms with Crippen molar-refractivity contribution in [1.29, 1.82) is 0 Å². The maximum atomic E-state index is 12.4. The van der Waals surface area contributed by atoms with Crippen LogP contribution in [-0.2, 0) is 11.3 Å². The summed E-state index contributed by atoms with van der Waals surface area (Å²) in [4.78, 5) is 26.6. The number of carbonyl (C=O) groups is 2. The predicted octanol–water partition coefficient (Wildman–Crippen LogP) is 3.39. The average Bonchev–Trinajstić information content (AvgIpc) is 3.10. The van der Waals surface area contributed by atoms with Crippen molar-refractivity contribution in [3.8, 4) is 11.5 Å². The topological polar surface area (TPSA) is 55.8 Å². The van der Waals surface area contributed by atoms with Crippen molar-refractivity contribution in [2.45, 2.75) is 20.4 Å². The van der Waals surface area contributed by atoms with Crippen LogP contribution in [0.2, 0.25) is 0 Å².